The zero-order chi connectivity index (χ0) is 14.0. The molecule has 19 heavy (non-hydrogen) atoms. The molecule has 0 saturated carbocycles. The quantitative estimate of drug-likeness (QED) is 0.874. The van der Waals surface area contributed by atoms with Gasteiger partial charge in [0.25, 0.3) is 5.56 Å². The summed E-state index contributed by atoms with van der Waals surface area (Å²) in [6.45, 7) is 2.03. The molecule has 0 atom stereocenters. The maximum atomic E-state index is 12.1. The van der Waals surface area contributed by atoms with Gasteiger partial charge in [0.1, 0.15) is 10.9 Å². The SMILES string of the molecule is COCc1cc(O)cc(=O)n1-c1cc(Cl)ncc1C. The fraction of sp³-hybridized carbons (Fsp3) is 0.231. The van der Waals surface area contributed by atoms with Crippen LogP contribution in [0.2, 0.25) is 5.15 Å². The third-order valence-electron chi connectivity index (χ3n) is 2.67. The Hall–Kier alpha value is -1.85. The van der Waals surface area contributed by atoms with Gasteiger partial charge in [-0.05, 0) is 18.6 Å². The molecule has 0 unspecified atom stereocenters. The van der Waals surface area contributed by atoms with Crippen molar-refractivity contribution >= 4 is 11.6 Å². The first-order valence-electron chi connectivity index (χ1n) is 5.59. The Morgan fingerprint density at radius 1 is 1.42 bits per heavy atom. The van der Waals surface area contributed by atoms with Crippen LogP contribution in [-0.2, 0) is 11.3 Å². The summed E-state index contributed by atoms with van der Waals surface area (Å²) in [5, 5.41) is 9.80. The molecule has 0 aromatic carbocycles. The van der Waals surface area contributed by atoms with Crippen LogP contribution in [0.4, 0.5) is 0 Å². The average molecular weight is 281 g/mol. The Balaban J connectivity index is 2.73. The van der Waals surface area contributed by atoms with E-state index in [2.05, 4.69) is 4.98 Å². The van der Waals surface area contributed by atoms with E-state index >= 15 is 0 Å². The molecule has 0 spiro atoms. The van der Waals surface area contributed by atoms with Gasteiger partial charge in [0.05, 0.1) is 18.0 Å². The zero-order valence-electron chi connectivity index (χ0n) is 10.6. The lowest BCUT2D eigenvalue weighted by Crippen LogP contribution is -2.22. The lowest BCUT2D eigenvalue weighted by molar-refractivity contribution is 0.179. The second-order valence-corrected chi connectivity index (χ2v) is 4.49. The number of hydrogen-bond acceptors (Lipinski definition) is 4. The molecule has 0 bridgehead atoms. The first kappa shape index (κ1) is 13.6. The molecule has 0 saturated heterocycles. The number of ether oxygens (including phenoxy) is 1. The molecule has 0 aliphatic rings. The van der Waals surface area contributed by atoms with Crippen molar-refractivity contribution in [2.45, 2.75) is 13.5 Å². The van der Waals surface area contributed by atoms with E-state index in [4.69, 9.17) is 16.3 Å². The maximum absolute atomic E-state index is 12.1. The smallest absolute Gasteiger partial charge is 0.259 e. The number of rotatable bonds is 3. The van der Waals surface area contributed by atoms with E-state index in [1.165, 1.54) is 17.7 Å². The van der Waals surface area contributed by atoms with Crippen LogP contribution in [0.3, 0.4) is 0 Å². The highest BCUT2D eigenvalue weighted by molar-refractivity contribution is 6.29. The first-order valence-corrected chi connectivity index (χ1v) is 5.97. The van der Waals surface area contributed by atoms with Crippen molar-refractivity contribution in [2.24, 2.45) is 0 Å². The summed E-state index contributed by atoms with van der Waals surface area (Å²) < 4.78 is 6.50. The van der Waals surface area contributed by atoms with Gasteiger partial charge in [-0.25, -0.2) is 4.98 Å². The number of nitrogens with zero attached hydrogens (tertiary/aromatic N) is 2. The summed E-state index contributed by atoms with van der Waals surface area (Å²) in [6, 6.07) is 4.24. The third kappa shape index (κ3) is 2.77. The molecular weight excluding hydrogens is 268 g/mol. The van der Waals surface area contributed by atoms with Gasteiger partial charge in [0.15, 0.2) is 0 Å². The molecule has 1 N–H and O–H groups in total. The first-order chi connectivity index (χ1) is 9.02. The van der Waals surface area contributed by atoms with Crippen LogP contribution in [0.25, 0.3) is 5.69 Å². The molecule has 5 nitrogen and oxygen atoms in total. The molecule has 2 heterocycles. The van der Waals surface area contributed by atoms with E-state index in [1.807, 2.05) is 6.92 Å². The monoisotopic (exact) mass is 280 g/mol. The Kier molecular flexibility index (Phi) is 3.87. The largest absolute Gasteiger partial charge is 0.508 e. The van der Waals surface area contributed by atoms with Crippen molar-refractivity contribution in [3.05, 3.63) is 51.2 Å². The van der Waals surface area contributed by atoms with Crippen LogP contribution < -0.4 is 5.56 Å². The van der Waals surface area contributed by atoms with Crippen molar-refractivity contribution in [3.63, 3.8) is 0 Å². The summed E-state index contributed by atoms with van der Waals surface area (Å²) in [5.41, 5.74) is 1.61. The summed E-state index contributed by atoms with van der Waals surface area (Å²) in [5.74, 6) is -0.0916. The Labute approximate surface area is 115 Å². The Morgan fingerprint density at radius 3 is 2.84 bits per heavy atom. The predicted molar refractivity (Wildman–Crippen MR) is 72.0 cm³/mol. The second kappa shape index (κ2) is 5.42. The van der Waals surface area contributed by atoms with Crippen molar-refractivity contribution in [1.82, 2.24) is 9.55 Å². The normalized spacial score (nSPS) is 10.7. The van der Waals surface area contributed by atoms with E-state index in [0.29, 0.717) is 16.5 Å². The Bertz CT molecular complexity index is 667. The maximum Gasteiger partial charge on any atom is 0.259 e. The van der Waals surface area contributed by atoms with Crippen molar-refractivity contribution in [1.29, 1.82) is 0 Å². The number of halogens is 1. The van der Waals surface area contributed by atoms with Gasteiger partial charge in [0, 0.05) is 25.4 Å². The van der Waals surface area contributed by atoms with Crippen molar-refractivity contribution < 1.29 is 9.84 Å². The molecule has 0 fully saturated rings. The van der Waals surface area contributed by atoms with Gasteiger partial charge >= 0.3 is 0 Å². The molecule has 100 valence electrons. The molecule has 2 rings (SSSR count). The number of hydrogen-bond donors (Lipinski definition) is 1. The van der Waals surface area contributed by atoms with E-state index < -0.39 is 0 Å². The standard InChI is InChI=1S/C13H13ClN2O3/c1-8-6-15-12(14)5-11(8)16-9(7-19-2)3-10(17)4-13(16)18/h3-6,17H,7H2,1-2H3. The molecule has 2 aromatic heterocycles. The fourth-order valence-electron chi connectivity index (χ4n) is 1.87. The highest BCUT2D eigenvalue weighted by Crippen LogP contribution is 2.19. The van der Waals surface area contributed by atoms with Crippen LogP contribution in [0.5, 0.6) is 5.75 Å². The highest BCUT2D eigenvalue weighted by Gasteiger charge is 2.11. The average Bonchev–Trinajstić information content (AvgIpc) is 2.33. The molecule has 0 aliphatic carbocycles. The van der Waals surface area contributed by atoms with E-state index in [0.717, 1.165) is 11.6 Å². The zero-order valence-corrected chi connectivity index (χ0v) is 11.3. The lowest BCUT2D eigenvalue weighted by atomic mass is 10.2. The number of aryl methyl sites for hydroxylation is 1. The molecule has 0 amide bonds. The summed E-state index contributed by atoms with van der Waals surface area (Å²) in [7, 11) is 1.52. The minimum absolute atomic E-state index is 0.0916. The minimum Gasteiger partial charge on any atom is -0.508 e. The topological polar surface area (TPSA) is 64.3 Å². The van der Waals surface area contributed by atoms with E-state index in [-0.39, 0.29) is 17.9 Å². The van der Waals surface area contributed by atoms with Crippen LogP contribution in [0.1, 0.15) is 11.3 Å². The molecular formula is C13H13ClN2O3. The number of aromatic nitrogens is 2. The fourth-order valence-corrected chi connectivity index (χ4v) is 2.02. The van der Waals surface area contributed by atoms with Crippen molar-refractivity contribution in [2.75, 3.05) is 7.11 Å². The van der Waals surface area contributed by atoms with Gasteiger partial charge in [-0.1, -0.05) is 11.6 Å². The van der Waals surface area contributed by atoms with Gasteiger partial charge in [-0.2, -0.15) is 0 Å². The van der Waals surface area contributed by atoms with E-state index in [1.54, 1.807) is 12.3 Å². The second-order valence-electron chi connectivity index (χ2n) is 4.11. The number of aromatic hydroxyl groups is 1. The summed E-state index contributed by atoms with van der Waals surface area (Å²) >= 11 is 5.87. The van der Waals surface area contributed by atoms with Gasteiger partial charge in [-0.3, -0.25) is 9.36 Å². The number of pyridine rings is 2. The lowest BCUT2D eigenvalue weighted by Gasteiger charge is -2.14. The summed E-state index contributed by atoms with van der Waals surface area (Å²) in [4.78, 5) is 16.0. The van der Waals surface area contributed by atoms with Crippen molar-refractivity contribution in [3.8, 4) is 11.4 Å². The van der Waals surface area contributed by atoms with Crippen LogP contribution in [-0.4, -0.2) is 21.8 Å². The Morgan fingerprint density at radius 2 is 2.16 bits per heavy atom. The molecule has 0 aliphatic heterocycles. The van der Waals surface area contributed by atoms with Crippen LogP contribution in [0, 0.1) is 6.92 Å². The molecule has 0 radical (unpaired) electrons. The molecule has 6 heteroatoms. The third-order valence-corrected chi connectivity index (χ3v) is 2.87. The minimum atomic E-state index is -0.350. The van der Waals surface area contributed by atoms with Gasteiger partial charge < -0.3 is 9.84 Å². The van der Waals surface area contributed by atoms with Crippen LogP contribution >= 0.6 is 11.6 Å². The van der Waals surface area contributed by atoms with Gasteiger partial charge in [-0.15, -0.1) is 0 Å². The van der Waals surface area contributed by atoms with E-state index in [9.17, 15) is 9.90 Å². The summed E-state index contributed by atoms with van der Waals surface area (Å²) in [6.07, 6.45) is 1.59. The van der Waals surface area contributed by atoms with Gasteiger partial charge in [0.2, 0.25) is 0 Å². The predicted octanol–water partition coefficient (Wildman–Crippen LogP) is 2.05. The highest BCUT2D eigenvalue weighted by atomic mass is 35.5. The van der Waals surface area contributed by atoms with Crippen LogP contribution in [0.15, 0.2) is 29.2 Å². The molecule has 2 aromatic rings. The number of methoxy groups -OCH3 is 1.